The Hall–Kier alpha value is -0.580. The molecule has 1 N–H and O–H groups in total. The van der Waals surface area contributed by atoms with Gasteiger partial charge in [-0.1, -0.05) is 15.9 Å². The Kier molecular flexibility index (Phi) is 3.59. The van der Waals surface area contributed by atoms with Crippen molar-refractivity contribution in [2.45, 2.75) is 25.0 Å². The summed E-state index contributed by atoms with van der Waals surface area (Å²) in [4.78, 5) is 2.51. The second kappa shape index (κ2) is 5.19. The minimum absolute atomic E-state index is 0.324. The predicted molar refractivity (Wildman–Crippen MR) is 76.2 cm³/mol. The molecule has 0 aliphatic carbocycles. The van der Waals surface area contributed by atoms with E-state index in [9.17, 15) is 0 Å². The molecule has 1 aromatic rings. The van der Waals surface area contributed by atoms with Crippen LogP contribution in [0.3, 0.4) is 0 Å². The zero-order valence-electron chi connectivity index (χ0n) is 10.7. The van der Waals surface area contributed by atoms with Crippen molar-refractivity contribution in [2.24, 2.45) is 0 Å². The second-order valence-corrected chi connectivity index (χ2v) is 6.15. The second-order valence-electron chi connectivity index (χ2n) is 5.23. The first-order valence-electron chi connectivity index (χ1n) is 6.59. The van der Waals surface area contributed by atoms with Crippen molar-refractivity contribution < 1.29 is 4.74 Å². The molecule has 0 bridgehead atoms. The Morgan fingerprint density at radius 1 is 1.50 bits per heavy atom. The number of benzene rings is 1. The quantitative estimate of drug-likeness (QED) is 0.925. The fraction of sp³-hybridized carbons (Fsp3) is 0.571. The van der Waals surface area contributed by atoms with Crippen LogP contribution in [0.1, 0.15) is 12.0 Å². The summed E-state index contributed by atoms with van der Waals surface area (Å²) in [5.41, 5.74) is 1.33. The first-order valence-corrected chi connectivity index (χ1v) is 7.38. The van der Waals surface area contributed by atoms with E-state index in [1.54, 1.807) is 0 Å². The van der Waals surface area contributed by atoms with E-state index < -0.39 is 0 Å². The highest BCUT2D eigenvalue weighted by Crippen LogP contribution is 2.31. The molecule has 2 heterocycles. The van der Waals surface area contributed by atoms with E-state index in [0.717, 1.165) is 29.7 Å². The molecule has 2 aliphatic rings. The number of nitrogens with zero attached hydrogens (tertiary/aromatic N) is 1. The average Bonchev–Trinajstić information content (AvgIpc) is 2.95. The number of ether oxygens (including phenoxy) is 1. The van der Waals surface area contributed by atoms with Crippen LogP contribution in [0.5, 0.6) is 5.75 Å². The number of likely N-dealkylation sites (tertiary alicyclic amines) is 1. The smallest absolute Gasteiger partial charge is 0.123 e. The summed E-state index contributed by atoms with van der Waals surface area (Å²) >= 11 is 3.52. The van der Waals surface area contributed by atoms with Crippen molar-refractivity contribution in [1.29, 1.82) is 0 Å². The van der Waals surface area contributed by atoms with Gasteiger partial charge in [0, 0.05) is 30.0 Å². The van der Waals surface area contributed by atoms with Gasteiger partial charge in [0.25, 0.3) is 0 Å². The monoisotopic (exact) mass is 310 g/mol. The third-order valence-corrected chi connectivity index (χ3v) is 4.40. The SMILES string of the molecule is CNC1CCN(CC2Cc3cc(Br)ccc3O2)C1. The Morgan fingerprint density at radius 2 is 2.39 bits per heavy atom. The van der Waals surface area contributed by atoms with Crippen molar-refractivity contribution in [2.75, 3.05) is 26.7 Å². The van der Waals surface area contributed by atoms with Gasteiger partial charge in [-0.3, -0.25) is 4.90 Å². The van der Waals surface area contributed by atoms with E-state index in [-0.39, 0.29) is 0 Å². The molecule has 1 saturated heterocycles. The summed E-state index contributed by atoms with van der Waals surface area (Å²) in [6.07, 6.45) is 2.61. The maximum Gasteiger partial charge on any atom is 0.123 e. The van der Waals surface area contributed by atoms with Gasteiger partial charge < -0.3 is 10.1 Å². The average molecular weight is 311 g/mol. The molecule has 1 aromatic carbocycles. The number of halogens is 1. The standard InChI is InChI=1S/C14H19BrN2O/c1-16-12-4-5-17(8-12)9-13-7-10-6-11(15)2-3-14(10)18-13/h2-3,6,12-13,16H,4-5,7-9H2,1H3. The minimum atomic E-state index is 0.324. The summed E-state index contributed by atoms with van der Waals surface area (Å²) in [6.45, 7) is 3.38. The van der Waals surface area contributed by atoms with Gasteiger partial charge in [-0.2, -0.15) is 0 Å². The molecule has 1 fully saturated rings. The fourth-order valence-electron chi connectivity index (χ4n) is 2.91. The summed E-state index contributed by atoms with van der Waals surface area (Å²) < 4.78 is 7.15. The highest BCUT2D eigenvalue weighted by Gasteiger charge is 2.28. The normalized spacial score (nSPS) is 27.2. The molecule has 0 spiro atoms. The van der Waals surface area contributed by atoms with Crippen molar-refractivity contribution >= 4 is 15.9 Å². The third-order valence-electron chi connectivity index (χ3n) is 3.91. The molecule has 0 radical (unpaired) electrons. The Morgan fingerprint density at radius 3 is 3.17 bits per heavy atom. The van der Waals surface area contributed by atoms with E-state index >= 15 is 0 Å². The maximum absolute atomic E-state index is 6.01. The summed E-state index contributed by atoms with van der Waals surface area (Å²) in [5, 5.41) is 3.35. The first kappa shape index (κ1) is 12.5. The van der Waals surface area contributed by atoms with E-state index in [2.05, 4.69) is 38.3 Å². The van der Waals surface area contributed by atoms with Crippen molar-refractivity contribution in [3.63, 3.8) is 0 Å². The summed E-state index contributed by atoms with van der Waals surface area (Å²) in [5.74, 6) is 1.06. The van der Waals surface area contributed by atoms with E-state index in [1.165, 1.54) is 18.5 Å². The van der Waals surface area contributed by atoms with E-state index in [1.807, 2.05) is 13.1 Å². The number of hydrogen-bond acceptors (Lipinski definition) is 3. The molecule has 4 heteroatoms. The zero-order chi connectivity index (χ0) is 12.5. The lowest BCUT2D eigenvalue weighted by Crippen LogP contribution is -2.35. The van der Waals surface area contributed by atoms with Gasteiger partial charge in [0.2, 0.25) is 0 Å². The topological polar surface area (TPSA) is 24.5 Å². The molecule has 0 amide bonds. The predicted octanol–water partition coefficient (Wildman–Crippen LogP) is 2.05. The van der Waals surface area contributed by atoms with E-state index in [0.29, 0.717) is 12.1 Å². The molecule has 2 aliphatic heterocycles. The Labute approximate surface area is 117 Å². The van der Waals surface area contributed by atoms with Gasteiger partial charge in [0.1, 0.15) is 11.9 Å². The number of likely N-dealkylation sites (N-methyl/N-ethyl adjacent to an activating group) is 1. The Bertz CT molecular complexity index is 438. The van der Waals surface area contributed by atoms with Crippen molar-refractivity contribution in [3.05, 3.63) is 28.2 Å². The van der Waals surface area contributed by atoms with Crippen LogP contribution < -0.4 is 10.1 Å². The van der Waals surface area contributed by atoms with Gasteiger partial charge in [-0.25, -0.2) is 0 Å². The first-order chi connectivity index (χ1) is 8.74. The van der Waals surface area contributed by atoms with Crippen LogP contribution in [0.2, 0.25) is 0 Å². The molecular formula is C14H19BrN2O. The van der Waals surface area contributed by atoms with Crippen LogP contribution in [0, 0.1) is 0 Å². The van der Waals surface area contributed by atoms with Crippen molar-refractivity contribution in [3.8, 4) is 5.75 Å². The molecule has 3 rings (SSSR count). The lowest BCUT2D eigenvalue weighted by molar-refractivity contribution is 0.166. The maximum atomic E-state index is 6.01. The van der Waals surface area contributed by atoms with Gasteiger partial charge >= 0.3 is 0 Å². The molecule has 98 valence electrons. The van der Waals surface area contributed by atoms with E-state index in [4.69, 9.17) is 4.74 Å². The van der Waals surface area contributed by atoms with Crippen molar-refractivity contribution in [1.82, 2.24) is 10.2 Å². The van der Waals surface area contributed by atoms with Crippen LogP contribution in [0.15, 0.2) is 22.7 Å². The number of fused-ring (bicyclic) bond motifs is 1. The van der Waals surface area contributed by atoms with Gasteiger partial charge in [-0.15, -0.1) is 0 Å². The molecular weight excluding hydrogens is 292 g/mol. The lowest BCUT2D eigenvalue weighted by atomic mass is 10.1. The fourth-order valence-corrected chi connectivity index (χ4v) is 3.32. The highest BCUT2D eigenvalue weighted by molar-refractivity contribution is 9.10. The largest absolute Gasteiger partial charge is 0.488 e. The molecule has 2 unspecified atom stereocenters. The molecule has 0 aromatic heterocycles. The zero-order valence-corrected chi connectivity index (χ0v) is 12.2. The molecule has 3 nitrogen and oxygen atoms in total. The number of nitrogens with one attached hydrogen (secondary N) is 1. The molecule has 0 saturated carbocycles. The third kappa shape index (κ3) is 2.56. The summed E-state index contributed by atoms with van der Waals surface area (Å²) in [6, 6.07) is 6.95. The van der Waals surface area contributed by atoms with Gasteiger partial charge in [-0.05, 0) is 43.8 Å². The number of hydrogen-bond donors (Lipinski definition) is 1. The minimum Gasteiger partial charge on any atom is -0.488 e. The van der Waals surface area contributed by atoms with Crippen LogP contribution >= 0.6 is 15.9 Å². The highest BCUT2D eigenvalue weighted by atomic mass is 79.9. The molecule has 18 heavy (non-hydrogen) atoms. The van der Waals surface area contributed by atoms with Gasteiger partial charge in [0.05, 0.1) is 0 Å². The van der Waals surface area contributed by atoms with Crippen LogP contribution in [-0.2, 0) is 6.42 Å². The number of rotatable bonds is 3. The van der Waals surface area contributed by atoms with Crippen LogP contribution in [-0.4, -0.2) is 43.7 Å². The van der Waals surface area contributed by atoms with Crippen LogP contribution in [0.25, 0.3) is 0 Å². The van der Waals surface area contributed by atoms with Crippen LogP contribution in [0.4, 0.5) is 0 Å². The lowest BCUT2D eigenvalue weighted by Gasteiger charge is -2.20. The van der Waals surface area contributed by atoms with Gasteiger partial charge in [0.15, 0.2) is 0 Å². The molecule has 2 atom stereocenters. The summed E-state index contributed by atoms with van der Waals surface area (Å²) in [7, 11) is 2.05. The Balaban J connectivity index is 1.58.